The van der Waals surface area contributed by atoms with E-state index in [0.29, 0.717) is 5.89 Å². The minimum Gasteiger partial charge on any atom is -0.347 e. The monoisotopic (exact) mass is 280 g/mol. The molecule has 1 aromatic rings. The fourth-order valence-electron chi connectivity index (χ4n) is 2.43. The van der Waals surface area contributed by atoms with E-state index in [1.54, 1.807) is 0 Å². The summed E-state index contributed by atoms with van der Waals surface area (Å²) in [5, 5.41) is 9.96. The van der Waals surface area contributed by atoms with Crippen LogP contribution in [0.25, 0.3) is 0 Å². The summed E-state index contributed by atoms with van der Waals surface area (Å²) in [7, 11) is 0. The fourth-order valence-corrected chi connectivity index (χ4v) is 2.43. The number of hydrogen-bond donors (Lipinski definition) is 2. The van der Waals surface area contributed by atoms with Gasteiger partial charge in [0, 0.05) is 6.04 Å². The molecule has 0 radical (unpaired) electrons. The average molecular weight is 280 g/mol. The number of carbonyl (C=O) groups excluding carboxylic acids is 1. The number of nitrogens with zero attached hydrogens (tertiary/aromatic N) is 2. The van der Waals surface area contributed by atoms with Crippen LogP contribution in [-0.2, 0) is 0 Å². The van der Waals surface area contributed by atoms with Crippen LogP contribution in [-0.4, -0.2) is 28.6 Å². The van der Waals surface area contributed by atoms with Crippen LogP contribution in [0.2, 0.25) is 0 Å². The molecule has 2 N–H and O–H groups in total. The number of amides is 1. The third-order valence-electron chi connectivity index (χ3n) is 3.62. The first-order valence-corrected chi connectivity index (χ1v) is 7.58. The van der Waals surface area contributed by atoms with Crippen molar-refractivity contribution < 1.29 is 9.32 Å². The first kappa shape index (κ1) is 15.0. The van der Waals surface area contributed by atoms with E-state index in [1.807, 2.05) is 6.92 Å². The Balaban J connectivity index is 1.82. The van der Waals surface area contributed by atoms with E-state index < -0.39 is 0 Å². The van der Waals surface area contributed by atoms with Gasteiger partial charge in [-0.15, -0.1) is 0 Å². The van der Waals surface area contributed by atoms with Crippen LogP contribution >= 0.6 is 0 Å². The van der Waals surface area contributed by atoms with Crippen molar-refractivity contribution in [1.29, 1.82) is 0 Å². The van der Waals surface area contributed by atoms with Crippen molar-refractivity contribution in [2.45, 2.75) is 64.5 Å². The van der Waals surface area contributed by atoms with Gasteiger partial charge >= 0.3 is 0 Å². The molecule has 1 saturated heterocycles. The van der Waals surface area contributed by atoms with Crippen LogP contribution in [0.5, 0.6) is 0 Å². The Bertz CT molecular complexity index is 427. The van der Waals surface area contributed by atoms with Crippen molar-refractivity contribution in [2.24, 2.45) is 0 Å². The van der Waals surface area contributed by atoms with Gasteiger partial charge in [0.05, 0.1) is 6.04 Å². The Labute approximate surface area is 119 Å². The molecule has 0 aliphatic carbocycles. The first-order chi connectivity index (χ1) is 9.70. The molecular weight excluding hydrogens is 256 g/mol. The van der Waals surface area contributed by atoms with Gasteiger partial charge in [0.25, 0.3) is 11.7 Å². The number of hydrogen-bond acceptors (Lipinski definition) is 5. The molecule has 0 spiro atoms. The second-order valence-corrected chi connectivity index (χ2v) is 5.48. The molecule has 1 amide bonds. The Morgan fingerprint density at radius 3 is 3.10 bits per heavy atom. The molecule has 20 heavy (non-hydrogen) atoms. The zero-order valence-corrected chi connectivity index (χ0v) is 12.3. The molecule has 1 fully saturated rings. The molecule has 0 bridgehead atoms. The van der Waals surface area contributed by atoms with Crippen LogP contribution in [0.1, 0.15) is 74.9 Å². The van der Waals surface area contributed by atoms with Gasteiger partial charge in [-0.25, -0.2) is 0 Å². The van der Waals surface area contributed by atoms with E-state index in [0.717, 1.165) is 32.2 Å². The highest BCUT2D eigenvalue weighted by atomic mass is 16.5. The molecule has 1 aliphatic heterocycles. The molecule has 2 unspecified atom stereocenters. The van der Waals surface area contributed by atoms with Crippen LogP contribution < -0.4 is 10.6 Å². The lowest BCUT2D eigenvalue weighted by Gasteiger charge is -2.11. The van der Waals surface area contributed by atoms with Crippen molar-refractivity contribution in [3.05, 3.63) is 11.7 Å². The number of rotatable bonds is 7. The summed E-state index contributed by atoms with van der Waals surface area (Å²) in [4.78, 5) is 16.2. The fraction of sp³-hybridized carbons (Fsp3) is 0.786. The maximum absolute atomic E-state index is 12.0. The lowest BCUT2D eigenvalue weighted by molar-refractivity contribution is 0.0924. The molecule has 2 rings (SSSR count). The Morgan fingerprint density at radius 2 is 2.40 bits per heavy atom. The summed E-state index contributed by atoms with van der Waals surface area (Å²) in [6.45, 7) is 5.14. The lowest BCUT2D eigenvalue weighted by atomic mass is 10.1. The van der Waals surface area contributed by atoms with Crippen LogP contribution in [0.4, 0.5) is 0 Å². The van der Waals surface area contributed by atoms with Crippen molar-refractivity contribution >= 4 is 5.91 Å². The summed E-state index contributed by atoms with van der Waals surface area (Å²) >= 11 is 0. The summed E-state index contributed by atoms with van der Waals surface area (Å²) in [6, 6.07) is 0.242. The Hall–Kier alpha value is -1.43. The normalized spacial score (nSPS) is 20.0. The third-order valence-corrected chi connectivity index (χ3v) is 3.62. The minimum atomic E-state index is -0.248. The minimum absolute atomic E-state index is 0.103. The van der Waals surface area contributed by atoms with E-state index in [1.165, 1.54) is 12.8 Å². The smallest absolute Gasteiger partial charge is 0.292 e. The van der Waals surface area contributed by atoms with Gasteiger partial charge in [0.1, 0.15) is 0 Å². The van der Waals surface area contributed by atoms with E-state index in [4.69, 9.17) is 4.52 Å². The summed E-state index contributed by atoms with van der Waals surface area (Å²) < 4.78 is 5.17. The van der Waals surface area contributed by atoms with Gasteiger partial charge in [-0.3, -0.25) is 4.79 Å². The number of aromatic nitrogens is 2. The van der Waals surface area contributed by atoms with E-state index in [9.17, 15) is 4.79 Å². The molecule has 0 saturated carbocycles. The van der Waals surface area contributed by atoms with Gasteiger partial charge in [-0.1, -0.05) is 31.3 Å². The van der Waals surface area contributed by atoms with Crippen LogP contribution in [0.15, 0.2) is 4.52 Å². The van der Waals surface area contributed by atoms with Crippen molar-refractivity contribution in [1.82, 2.24) is 20.8 Å². The molecule has 2 atom stereocenters. The molecule has 1 aliphatic rings. The van der Waals surface area contributed by atoms with Crippen LogP contribution in [0, 0.1) is 0 Å². The predicted octanol–water partition coefficient (Wildman–Crippen LogP) is 2.19. The molecular formula is C14H24N4O2. The Kier molecular flexibility index (Phi) is 5.52. The van der Waals surface area contributed by atoms with Crippen molar-refractivity contribution in [2.75, 3.05) is 6.54 Å². The summed E-state index contributed by atoms with van der Waals surface area (Å²) in [5.74, 6) is 0.407. The molecule has 112 valence electrons. The van der Waals surface area contributed by atoms with Crippen LogP contribution in [0.3, 0.4) is 0 Å². The largest absolute Gasteiger partial charge is 0.347 e. The zero-order chi connectivity index (χ0) is 14.4. The Morgan fingerprint density at radius 1 is 1.55 bits per heavy atom. The third kappa shape index (κ3) is 4.03. The summed E-state index contributed by atoms with van der Waals surface area (Å²) in [6.07, 6.45) is 6.57. The average Bonchev–Trinajstić information content (AvgIpc) is 3.10. The van der Waals surface area contributed by atoms with E-state index in [-0.39, 0.29) is 23.8 Å². The van der Waals surface area contributed by atoms with Gasteiger partial charge in [0.2, 0.25) is 5.89 Å². The highest BCUT2D eigenvalue weighted by molar-refractivity contribution is 5.90. The highest BCUT2D eigenvalue weighted by Gasteiger charge is 2.24. The van der Waals surface area contributed by atoms with E-state index >= 15 is 0 Å². The number of nitrogens with one attached hydrogen (secondary N) is 2. The SMILES string of the molecule is CCCCCC(C)NC(=O)c1noc(C2CCCN2)n1. The van der Waals surface area contributed by atoms with E-state index in [2.05, 4.69) is 27.7 Å². The second kappa shape index (κ2) is 7.38. The molecule has 1 aromatic heterocycles. The molecule has 6 heteroatoms. The number of carbonyl (C=O) groups is 1. The molecule has 2 heterocycles. The summed E-state index contributed by atoms with van der Waals surface area (Å²) in [5.41, 5.74) is 0. The topological polar surface area (TPSA) is 80.0 Å². The quantitative estimate of drug-likeness (QED) is 0.748. The van der Waals surface area contributed by atoms with Gasteiger partial charge in [-0.2, -0.15) is 4.98 Å². The number of unbranched alkanes of at least 4 members (excludes halogenated alkanes) is 2. The molecule has 6 nitrogen and oxygen atoms in total. The van der Waals surface area contributed by atoms with Crippen molar-refractivity contribution in [3.63, 3.8) is 0 Å². The highest BCUT2D eigenvalue weighted by Crippen LogP contribution is 2.21. The molecule has 0 aromatic carbocycles. The maximum Gasteiger partial charge on any atom is 0.292 e. The standard InChI is InChI=1S/C14H24N4O2/c1-3-4-5-7-10(2)16-13(19)12-17-14(20-18-12)11-8-6-9-15-11/h10-11,15H,3-9H2,1-2H3,(H,16,19). The van der Waals surface area contributed by atoms with Gasteiger partial charge < -0.3 is 15.2 Å². The van der Waals surface area contributed by atoms with Crippen molar-refractivity contribution in [3.8, 4) is 0 Å². The zero-order valence-electron chi connectivity index (χ0n) is 12.3. The van der Waals surface area contributed by atoms with Gasteiger partial charge in [-0.05, 0) is 32.7 Å². The van der Waals surface area contributed by atoms with Gasteiger partial charge in [0.15, 0.2) is 0 Å². The first-order valence-electron chi connectivity index (χ1n) is 7.58. The maximum atomic E-state index is 12.0. The second-order valence-electron chi connectivity index (χ2n) is 5.48. The lowest BCUT2D eigenvalue weighted by Crippen LogP contribution is -2.33. The predicted molar refractivity (Wildman–Crippen MR) is 75.3 cm³/mol.